The number of phenolic OH excluding ortho intramolecular Hbond substituents is 1. The number of fused-ring (bicyclic) bond motifs is 9. The Kier molecular flexibility index (Phi) is 2.34. The van der Waals surface area contributed by atoms with Crippen molar-refractivity contribution in [2.75, 3.05) is 0 Å². The highest BCUT2D eigenvalue weighted by atomic mass is 16.7. The van der Waals surface area contributed by atoms with Gasteiger partial charge in [0.05, 0.1) is 5.92 Å². The van der Waals surface area contributed by atoms with Crippen LogP contribution in [-0.4, -0.2) is 11.4 Å². The van der Waals surface area contributed by atoms with Crippen molar-refractivity contribution in [2.24, 2.45) is 0 Å². The highest BCUT2D eigenvalue weighted by Gasteiger charge is 2.45. The summed E-state index contributed by atoms with van der Waals surface area (Å²) >= 11 is 0. The molecule has 3 nitrogen and oxygen atoms in total. The minimum Gasteiger partial charge on any atom is -0.508 e. The van der Waals surface area contributed by atoms with Crippen LogP contribution in [0.15, 0.2) is 66.7 Å². The number of rotatable bonds is 0. The van der Waals surface area contributed by atoms with Crippen molar-refractivity contribution >= 4 is 21.5 Å². The number of phenols is 1. The number of hydrogen-bond acceptors (Lipinski definition) is 3. The Morgan fingerprint density at radius 3 is 2.12 bits per heavy atom. The Balaban J connectivity index is 1.71. The predicted octanol–water partition coefficient (Wildman–Crippen LogP) is 4.94. The van der Waals surface area contributed by atoms with Gasteiger partial charge in [-0.15, -0.1) is 0 Å². The van der Waals surface area contributed by atoms with E-state index in [0.29, 0.717) is 0 Å². The molecule has 120 valence electrons. The van der Waals surface area contributed by atoms with Crippen LogP contribution < -0.4 is 9.47 Å². The zero-order valence-electron chi connectivity index (χ0n) is 13.3. The van der Waals surface area contributed by atoms with Gasteiger partial charge in [0.2, 0.25) is 0 Å². The monoisotopic (exact) mass is 326 g/mol. The molecule has 2 aliphatic rings. The molecule has 2 aliphatic heterocycles. The molecule has 0 fully saturated rings. The van der Waals surface area contributed by atoms with E-state index in [4.69, 9.17) is 9.47 Å². The van der Waals surface area contributed by atoms with Gasteiger partial charge < -0.3 is 14.6 Å². The lowest BCUT2D eigenvalue weighted by atomic mass is 9.86. The first-order chi connectivity index (χ1) is 12.3. The van der Waals surface area contributed by atoms with Gasteiger partial charge in [-0.2, -0.15) is 0 Å². The summed E-state index contributed by atoms with van der Waals surface area (Å²) in [5, 5.41) is 14.5. The van der Waals surface area contributed by atoms with E-state index in [0.717, 1.165) is 27.8 Å². The van der Waals surface area contributed by atoms with Crippen LogP contribution >= 0.6 is 0 Å². The van der Waals surface area contributed by atoms with Crippen LogP contribution in [0.25, 0.3) is 21.5 Å². The normalized spacial score (nSPS) is 20.0. The molecule has 2 unspecified atom stereocenters. The van der Waals surface area contributed by atoms with Crippen LogP contribution in [0.3, 0.4) is 0 Å². The van der Waals surface area contributed by atoms with E-state index >= 15 is 0 Å². The van der Waals surface area contributed by atoms with Crippen molar-refractivity contribution < 1.29 is 14.6 Å². The zero-order chi connectivity index (χ0) is 16.5. The van der Waals surface area contributed by atoms with Gasteiger partial charge in [-0.1, -0.05) is 42.5 Å². The summed E-state index contributed by atoms with van der Waals surface area (Å²) in [4.78, 5) is 0. The van der Waals surface area contributed by atoms with Gasteiger partial charge in [-0.05, 0) is 45.8 Å². The van der Waals surface area contributed by atoms with Crippen LogP contribution in [-0.2, 0) is 0 Å². The van der Waals surface area contributed by atoms with Crippen LogP contribution in [0.2, 0.25) is 0 Å². The molecule has 3 heteroatoms. The standard InChI is InChI=1S/C22H14O3/c23-14-8-5-13-7-10-18-20(16(13)11-14)21-19-15-4-2-1-3-12(15)6-9-17(19)24-22(21)25-18/h1-11,21-23H. The third-order valence-electron chi connectivity index (χ3n) is 5.32. The number of benzene rings is 4. The maximum atomic E-state index is 10.00. The van der Waals surface area contributed by atoms with E-state index in [1.807, 2.05) is 30.3 Å². The molecule has 0 radical (unpaired) electrons. The summed E-state index contributed by atoms with van der Waals surface area (Å²) < 4.78 is 12.2. The first-order valence-corrected chi connectivity index (χ1v) is 8.40. The molecule has 0 amide bonds. The summed E-state index contributed by atoms with van der Waals surface area (Å²) in [5.74, 6) is 2.01. The van der Waals surface area contributed by atoms with Crippen molar-refractivity contribution in [2.45, 2.75) is 12.2 Å². The van der Waals surface area contributed by atoms with Crippen molar-refractivity contribution in [1.82, 2.24) is 0 Å². The lowest BCUT2D eigenvalue weighted by Gasteiger charge is -2.12. The van der Waals surface area contributed by atoms with Crippen LogP contribution in [0.4, 0.5) is 0 Å². The van der Waals surface area contributed by atoms with E-state index < -0.39 is 0 Å². The van der Waals surface area contributed by atoms with Crippen LogP contribution in [0.5, 0.6) is 17.2 Å². The second-order valence-corrected chi connectivity index (χ2v) is 6.66. The highest BCUT2D eigenvalue weighted by Crippen LogP contribution is 2.54. The maximum absolute atomic E-state index is 10.00. The quantitative estimate of drug-likeness (QED) is 0.497. The third-order valence-corrected chi connectivity index (χ3v) is 5.32. The van der Waals surface area contributed by atoms with Gasteiger partial charge in [-0.25, -0.2) is 0 Å². The minimum absolute atomic E-state index is 0.0154. The predicted molar refractivity (Wildman–Crippen MR) is 96.4 cm³/mol. The summed E-state index contributed by atoms with van der Waals surface area (Å²) in [7, 11) is 0. The molecule has 25 heavy (non-hydrogen) atoms. The first kappa shape index (κ1) is 13.1. The number of ether oxygens (including phenoxy) is 2. The second kappa shape index (κ2) is 4.45. The van der Waals surface area contributed by atoms with E-state index in [-0.39, 0.29) is 18.0 Å². The van der Waals surface area contributed by atoms with E-state index in [1.165, 1.54) is 16.3 Å². The molecule has 0 aromatic heterocycles. The third kappa shape index (κ3) is 1.65. The lowest BCUT2D eigenvalue weighted by molar-refractivity contribution is 0.0330. The number of hydrogen-bond donors (Lipinski definition) is 1. The molecule has 1 N–H and O–H groups in total. The Morgan fingerprint density at radius 2 is 1.32 bits per heavy atom. The molecule has 0 spiro atoms. The molecule has 0 bridgehead atoms. The maximum Gasteiger partial charge on any atom is 0.252 e. The zero-order valence-corrected chi connectivity index (χ0v) is 13.3. The van der Waals surface area contributed by atoms with Crippen LogP contribution in [0, 0.1) is 0 Å². The average molecular weight is 326 g/mol. The molecule has 2 heterocycles. The van der Waals surface area contributed by atoms with E-state index in [9.17, 15) is 5.11 Å². The van der Waals surface area contributed by atoms with Gasteiger partial charge in [0, 0.05) is 11.1 Å². The second-order valence-electron chi connectivity index (χ2n) is 6.66. The van der Waals surface area contributed by atoms with E-state index in [2.05, 4.69) is 30.3 Å². The molecule has 4 aromatic rings. The number of aromatic hydroxyl groups is 1. The smallest absolute Gasteiger partial charge is 0.252 e. The molecule has 2 atom stereocenters. The average Bonchev–Trinajstić information content (AvgIpc) is 3.17. The molecular weight excluding hydrogens is 312 g/mol. The topological polar surface area (TPSA) is 38.7 Å². The summed E-state index contributed by atoms with van der Waals surface area (Å²) in [6, 6.07) is 22.0. The fraction of sp³-hybridized carbons (Fsp3) is 0.0909. The fourth-order valence-electron chi connectivity index (χ4n) is 4.26. The minimum atomic E-state index is -0.344. The van der Waals surface area contributed by atoms with E-state index in [1.54, 1.807) is 6.07 Å². The summed E-state index contributed by atoms with van der Waals surface area (Å²) in [5.41, 5.74) is 2.28. The first-order valence-electron chi connectivity index (χ1n) is 8.40. The Labute approximate surface area is 144 Å². The molecule has 6 rings (SSSR count). The molecule has 4 aromatic carbocycles. The Hall–Kier alpha value is -3.20. The van der Waals surface area contributed by atoms with Gasteiger partial charge in [0.1, 0.15) is 17.2 Å². The fourth-order valence-corrected chi connectivity index (χ4v) is 4.26. The van der Waals surface area contributed by atoms with Crippen molar-refractivity contribution in [3.05, 3.63) is 77.9 Å². The molecular formula is C22H14O3. The Morgan fingerprint density at radius 1 is 0.680 bits per heavy atom. The van der Waals surface area contributed by atoms with Crippen molar-refractivity contribution in [3.63, 3.8) is 0 Å². The highest BCUT2D eigenvalue weighted by molar-refractivity contribution is 5.94. The van der Waals surface area contributed by atoms with Gasteiger partial charge >= 0.3 is 0 Å². The summed E-state index contributed by atoms with van der Waals surface area (Å²) in [6.45, 7) is 0. The molecule has 0 saturated heterocycles. The van der Waals surface area contributed by atoms with Gasteiger partial charge in [0.15, 0.2) is 0 Å². The van der Waals surface area contributed by atoms with Crippen molar-refractivity contribution in [1.29, 1.82) is 0 Å². The van der Waals surface area contributed by atoms with Gasteiger partial charge in [0.25, 0.3) is 6.29 Å². The SMILES string of the molecule is Oc1ccc2ccc3c(c2c1)C1c2c(ccc4ccccc24)OC1O3. The lowest BCUT2D eigenvalue weighted by Crippen LogP contribution is -2.19. The van der Waals surface area contributed by atoms with Crippen molar-refractivity contribution in [3.8, 4) is 17.2 Å². The summed E-state index contributed by atoms with van der Waals surface area (Å²) in [6.07, 6.45) is -0.344. The molecule has 0 saturated carbocycles. The molecule has 0 aliphatic carbocycles. The Bertz CT molecular complexity index is 1180. The van der Waals surface area contributed by atoms with Crippen LogP contribution in [0.1, 0.15) is 17.0 Å². The van der Waals surface area contributed by atoms with Gasteiger partial charge in [-0.3, -0.25) is 0 Å². The largest absolute Gasteiger partial charge is 0.508 e.